The second kappa shape index (κ2) is 5.65. The molecule has 1 aromatic heterocycles. The van der Waals surface area contributed by atoms with Gasteiger partial charge in [-0.15, -0.1) is 0 Å². The fourth-order valence-corrected chi connectivity index (χ4v) is 2.53. The SMILES string of the molecule is CC(=O)c1ccn(Cc2ccc(S(C)(=O)=O)cc2)c(=O)c1. The van der Waals surface area contributed by atoms with Crippen LogP contribution in [0.3, 0.4) is 0 Å². The first-order valence-corrected chi connectivity index (χ1v) is 8.17. The highest BCUT2D eigenvalue weighted by Crippen LogP contribution is 2.11. The number of carbonyl (C=O) groups excluding carboxylic acids is 1. The van der Waals surface area contributed by atoms with Gasteiger partial charge in [-0.2, -0.15) is 0 Å². The number of pyridine rings is 1. The van der Waals surface area contributed by atoms with Gasteiger partial charge in [0.25, 0.3) is 5.56 Å². The highest BCUT2D eigenvalue weighted by molar-refractivity contribution is 7.90. The Kier molecular flexibility index (Phi) is 4.09. The van der Waals surface area contributed by atoms with Gasteiger partial charge in [-0.1, -0.05) is 12.1 Å². The lowest BCUT2D eigenvalue weighted by molar-refractivity contribution is 0.101. The van der Waals surface area contributed by atoms with Crippen LogP contribution < -0.4 is 5.56 Å². The van der Waals surface area contributed by atoms with Crippen LogP contribution in [0.2, 0.25) is 0 Å². The van der Waals surface area contributed by atoms with Crippen molar-refractivity contribution >= 4 is 15.6 Å². The summed E-state index contributed by atoms with van der Waals surface area (Å²) >= 11 is 0. The topological polar surface area (TPSA) is 73.2 Å². The highest BCUT2D eigenvalue weighted by Gasteiger charge is 2.07. The van der Waals surface area contributed by atoms with Crippen LogP contribution in [0.4, 0.5) is 0 Å². The number of ketones is 1. The molecule has 110 valence electrons. The summed E-state index contributed by atoms with van der Waals surface area (Å²) in [6.45, 7) is 1.73. The molecule has 2 rings (SSSR count). The first kappa shape index (κ1) is 15.2. The van der Waals surface area contributed by atoms with Crippen molar-refractivity contribution in [2.45, 2.75) is 18.4 Å². The normalized spacial score (nSPS) is 11.3. The average Bonchev–Trinajstić information content (AvgIpc) is 2.40. The number of hydrogen-bond donors (Lipinski definition) is 0. The lowest BCUT2D eigenvalue weighted by atomic mass is 10.2. The second-order valence-corrected chi connectivity index (χ2v) is 6.87. The maximum atomic E-state index is 11.9. The molecule has 0 aliphatic carbocycles. The Morgan fingerprint density at radius 2 is 1.76 bits per heavy atom. The van der Waals surface area contributed by atoms with E-state index >= 15 is 0 Å². The molecule has 0 fully saturated rings. The molecule has 1 aromatic carbocycles. The predicted molar refractivity (Wildman–Crippen MR) is 79.4 cm³/mol. The van der Waals surface area contributed by atoms with Crippen molar-refractivity contribution in [3.8, 4) is 0 Å². The molecule has 0 unspecified atom stereocenters. The third kappa shape index (κ3) is 3.66. The van der Waals surface area contributed by atoms with E-state index in [4.69, 9.17) is 0 Å². The highest BCUT2D eigenvalue weighted by atomic mass is 32.2. The van der Waals surface area contributed by atoms with Crippen LogP contribution in [0.1, 0.15) is 22.8 Å². The number of benzene rings is 1. The first-order valence-electron chi connectivity index (χ1n) is 6.28. The van der Waals surface area contributed by atoms with Gasteiger partial charge in [0.1, 0.15) is 0 Å². The summed E-state index contributed by atoms with van der Waals surface area (Å²) in [5.41, 5.74) is 0.915. The van der Waals surface area contributed by atoms with Gasteiger partial charge in [-0.05, 0) is 30.7 Å². The van der Waals surface area contributed by atoms with Crippen molar-refractivity contribution in [2.75, 3.05) is 6.26 Å². The van der Waals surface area contributed by atoms with Crippen LogP contribution in [0.15, 0.2) is 52.3 Å². The molecule has 0 spiro atoms. The smallest absolute Gasteiger partial charge is 0.251 e. The van der Waals surface area contributed by atoms with Crippen molar-refractivity contribution < 1.29 is 13.2 Å². The Morgan fingerprint density at radius 3 is 2.24 bits per heavy atom. The largest absolute Gasteiger partial charge is 0.311 e. The van der Waals surface area contributed by atoms with E-state index in [0.717, 1.165) is 11.8 Å². The zero-order chi connectivity index (χ0) is 15.6. The Labute approximate surface area is 122 Å². The van der Waals surface area contributed by atoms with Crippen LogP contribution in [0.5, 0.6) is 0 Å². The van der Waals surface area contributed by atoms with E-state index in [1.54, 1.807) is 24.4 Å². The van der Waals surface area contributed by atoms with Gasteiger partial charge < -0.3 is 4.57 Å². The summed E-state index contributed by atoms with van der Waals surface area (Å²) in [7, 11) is -3.22. The van der Waals surface area contributed by atoms with Gasteiger partial charge in [0.15, 0.2) is 15.6 Å². The lowest BCUT2D eigenvalue weighted by Gasteiger charge is -2.07. The molecule has 5 nitrogen and oxygen atoms in total. The molecule has 0 N–H and O–H groups in total. The molecule has 2 aromatic rings. The maximum Gasteiger partial charge on any atom is 0.251 e. The van der Waals surface area contributed by atoms with E-state index in [-0.39, 0.29) is 16.2 Å². The third-order valence-corrected chi connectivity index (χ3v) is 4.24. The first-order chi connectivity index (χ1) is 9.77. The summed E-state index contributed by atoms with van der Waals surface area (Å²) in [6.07, 6.45) is 2.70. The van der Waals surface area contributed by atoms with E-state index in [2.05, 4.69) is 0 Å². The molecule has 0 aliphatic rings. The minimum absolute atomic E-state index is 0.156. The second-order valence-electron chi connectivity index (χ2n) is 4.85. The van der Waals surface area contributed by atoms with Gasteiger partial charge in [0, 0.05) is 24.1 Å². The standard InChI is InChI=1S/C15H15NO4S/c1-11(17)13-7-8-16(15(18)9-13)10-12-3-5-14(6-4-12)21(2,19)20/h3-9H,10H2,1-2H3. The molecule has 21 heavy (non-hydrogen) atoms. The maximum absolute atomic E-state index is 11.9. The van der Waals surface area contributed by atoms with Gasteiger partial charge in [0.2, 0.25) is 0 Å². The quantitative estimate of drug-likeness (QED) is 0.802. The fourth-order valence-electron chi connectivity index (χ4n) is 1.90. The molecular weight excluding hydrogens is 290 g/mol. The minimum atomic E-state index is -3.22. The molecule has 0 radical (unpaired) electrons. The summed E-state index contributed by atoms with van der Waals surface area (Å²) in [4.78, 5) is 23.3. The van der Waals surface area contributed by atoms with Crippen LogP contribution >= 0.6 is 0 Å². The Morgan fingerprint density at radius 1 is 1.14 bits per heavy atom. The van der Waals surface area contributed by atoms with E-state index in [0.29, 0.717) is 12.1 Å². The van der Waals surface area contributed by atoms with Crippen molar-refractivity contribution in [3.05, 3.63) is 64.1 Å². The number of carbonyl (C=O) groups is 1. The van der Waals surface area contributed by atoms with Gasteiger partial charge in [0.05, 0.1) is 11.4 Å². The van der Waals surface area contributed by atoms with E-state index in [1.807, 2.05) is 0 Å². The van der Waals surface area contributed by atoms with Crippen molar-refractivity contribution in [2.24, 2.45) is 0 Å². The number of Topliss-reactive ketones (excluding diaryl/α,β-unsaturated/α-hetero) is 1. The third-order valence-electron chi connectivity index (χ3n) is 3.11. The average molecular weight is 305 g/mol. The molecule has 0 aliphatic heterocycles. The van der Waals surface area contributed by atoms with Gasteiger partial charge in [-0.25, -0.2) is 8.42 Å². The predicted octanol–water partition coefficient (Wildman–Crippen LogP) is 1.50. The molecular formula is C15H15NO4S. The zero-order valence-electron chi connectivity index (χ0n) is 11.7. The van der Waals surface area contributed by atoms with Crippen LogP contribution in [0.25, 0.3) is 0 Å². The van der Waals surface area contributed by atoms with Gasteiger partial charge in [-0.3, -0.25) is 9.59 Å². The van der Waals surface area contributed by atoms with E-state index < -0.39 is 9.84 Å². The number of hydrogen-bond acceptors (Lipinski definition) is 4. The molecule has 0 amide bonds. The molecule has 1 heterocycles. The molecule has 0 atom stereocenters. The lowest BCUT2D eigenvalue weighted by Crippen LogP contribution is -2.20. The molecule has 0 bridgehead atoms. The fraction of sp³-hybridized carbons (Fsp3) is 0.200. The van der Waals surface area contributed by atoms with E-state index in [1.165, 1.54) is 29.7 Å². The minimum Gasteiger partial charge on any atom is -0.311 e. The summed E-state index contributed by atoms with van der Waals surface area (Å²) in [5.74, 6) is -0.156. The zero-order valence-corrected chi connectivity index (χ0v) is 12.6. The Bertz CT molecular complexity index is 833. The molecule has 0 saturated carbocycles. The number of aromatic nitrogens is 1. The van der Waals surface area contributed by atoms with E-state index in [9.17, 15) is 18.0 Å². The summed E-state index contributed by atoms with van der Waals surface area (Å²) in [5, 5.41) is 0. The number of nitrogens with zero attached hydrogens (tertiary/aromatic N) is 1. The summed E-state index contributed by atoms with van der Waals surface area (Å²) < 4.78 is 24.2. The summed E-state index contributed by atoms with van der Waals surface area (Å²) in [6, 6.07) is 9.25. The molecule has 6 heteroatoms. The molecule has 0 saturated heterocycles. The van der Waals surface area contributed by atoms with Crippen molar-refractivity contribution in [1.82, 2.24) is 4.57 Å². The van der Waals surface area contributed by atoms with Crippen molar-refractivity contribution in [1.29, 1.82) is 0 Å². The van der Waals surface area contributed by atoms with Gasteiger partial charge >= 0.3 is 0 Å². The van der Waals surface area contributed by atoms with Crippen LogP contribution in [-0.4, -0.2) is 25.0 Å². The number of rotatable bonds is 4. The Hall–Kier alpha value is -2.21. The Balaban J connectivity index is 2.27. The van der Waals surface area contributed by atoms with Crippen LogP contribution in [0, 0.1) is 0 Å². The monoisotopic (exact) mass is 305 g/mol. The van der Waals surface area contributed by atoms with Crippen LogP contribution in [-0.2, 0) is 16.4 Å². The van der Waals surface area contributed by atoms with Crippen molar-refractivity contribution in [3.63, 3.8) is 0 Å². The number of sulfone groups is 1.